The number of rotatable bonds is 5. The lowest BCUT2D eigenvalue weighted by molar-refractivity contribution is -0.121. The Balaban J connectivity index is 1.70. The molecule has 3 rings (SSSR count). The van der Waals surface area contributed by atoms with E-state index in [4.69, 9.17) is 4.42 Å². The topological polar surface area (TPSA) is 47.2 Å². The number of nitrogens with zero attached hydrogens (tertiary/aromatic N) is 1. The molecular weight excluding hydrogens is 288 g/mol. The second kappa shape index (κ2) is 6.32. The Labute approximate surface area is 136 Å². The molecule has 0 radical (unpaired) electrons. The van der Waals surface area contributed by atoms with Crippen molar-refractivity contribution < 1.29 is 9.21 Å². The number of aromatic nitrogens is 1. The largest absolute Gasteiger partial charge is 0.467 e. The molecule has 0 saturated carbocycles. The number of benzene rings is 1. The number of aryl methyl sites for hydroxylation is 3. The van der Waals surface area contributed by atoms with Crippen molar-refractivity contribution in [1.82, 2.24) is 9.88 Å². The van der Waals surface area contributed by atoms with E-state index in [1.54, 1.807) is 6.26 Å². The van der Waals surface area contributed by atoms with Crippen molar-refractivity contribution >= 4 is 16.8 Å². The molecule has 0 saturated heterocycles. The molecule has 0 aliphatic rings. The highest BCUT2D eigenvalue weighted by molar-refractivity contribution is 5.87. The zero-order chi connectivity index (χ0) is 16.4. The number of hydrogen-bond acceptors (Lipinski definition) is 2. The molecule has 4 nitrogen and oxygen atoms in total. The van der Waals surface area contributed by atoms with Crippen molar-refractivity contribution in [2.45, 2.75) is 33.2 Å². The van der Waals surface area contributed by atoms with Crippen LogP contribution in [0.25, 0.3) is 10.9 Å². The van der Waals surface area contributed by atoms with Crippen molar-refractivity contribution in [2.75, 3.05) is 0 Å². The van der Waals surface area contributed by atoms with Gasteiger partial charge in [0.15, 0.2) is 0 Å². The van der Waals surface area contributed by atoms with Gasteiger partial charge in [0.25, 0.3) is 0 Å². The fourth-order valence-corrected chi connectivity index (χ4v) is 3.00. The van der Waals surface area contributed by atoms with Crippen LogP contribution in [-0.2, 0) is 24.8 Å². The van der Waals surface area contributed by atoms with Gasteiger partial charge in [-0.1, -0.05) is 11.6 Å². The van der Waals surface area contributed by atoms with E-state index in [9.17, 15) is 4.79 Å². The third kappa shape index (κ3) is 3.16. The molecule has 4 heteroatoms. The summed E-state index contributed by atoms with van der Waals surface area (Å²) in [4.78, 5) is 12.1. The van der Waals surface area contributed by atoms with E-state index in [1.165, 1.54) is 27.7 Å². The van der Waals surface area contributed by atoms with Gasteiger partial charge in [0.2, 0.25) is 5.91 Å². The van der Waals surface area contributed by atoms with Gasteiger partial charge in [-0.15, -0.1) is 0 Å². The maximum Gasteiger partial charge on any atom is 0.220 e. The van der Waals surface area contributed by atoms with E-state index < -0.39 is 0 Å². The van der Waals surface area contributed by atoms with Gasteiger partial charge in [-0.25, -0.2) is 0 Å². The molecule has 2 aromatic heterocycles. The minimum Gasteiger partial charge on any atom is -0.467 e. The summed E-state index contributed by atoms with van der Waals surface area (Å²) >= 11 is 0. The van der Waals surface area contributed by atoms with Crippen LogP contribution in [0.4, 0.5) is 0 Å². The molecular formula is C19H22N2O2. The van der Waals surface area contributed by atoms with Crippen molar-refractivity contribution in [2.24, 2.45) is 7.05 Å². The number of carbonyl (C=O) groups excluding carboxylic acids is 1. The molecule has 120 valence electrons. The van der Waals surface area contributed by atoms with Gasteiger partial charge in [0.1, 0.15) is 5.76 Å². The van der Waals surface area contributed by atoms with Crippen molar-refractivity contribution in [3.8, 4) is 0 Å². The first-order chi connectivity index (χ1) is 11.1. The smallest absolute Gasteiger partial charge is 0.220 e. The van der Waals surface area contributed by atoms with Crippen molar-refractivity contribution in [3.05, 3.63) is 59.2 Å². The van der Waals surface area contributed by atoms with E-state index >= 15 is 0 Å². The molecule has 0 aliphatic carbocycles. The van der Waals surface area contributed by atoms with Crippen molar-refractivity contribution in [3.63, 3.8) is 0 Å². The average molecular weight is 310 g/mol. The lowest BCUT2D eigenvalue weighted by atomic mass is 10.0. The second-order valence-electron chi connectivity index (χ2n) is 6.00. The maximum atomic E-state index is 12.1. The number of carbonyl (C=O) groups is 1. The summed E-state index contributed by atoms with van der Waals surface area (Å²) in [6.07, 6.45) is 2.84. The fourth-order valence-electron chi connectivity index (χ4n) is 3.00. The minimum absolute atomic E-state index is 0.0467. The number of hydrogen-bond donors (Lipinski definition) is 1. The lowest BCUT2D eigenvalue weighted by Crippen LogP contribution is -2.22. The van der Waals surface area contributed by atoms with Gasteiger partial charge < -0.3 is 14.3 Å². The van der Waals surface area contributed by atoms with Crippen LogP contribution < -0.4 is 5.32 Å². The first-order valence-electron chi connectivity index (χ1n) is 7.90. The number of furan rings is 1. The zero-order valence-corrected chi connectivity index (χ0v) is 13.8. The Morgan fingerprint density at radius 3 is 2.83 bits per heavy atom. The Morgan fingerprint density at radius 2 is 2.09 bits per heavy atom. The Bertz CT molecular complexity index is 829. The second-order valence-corrected chi connectivity index (χ2v) is 6.00. The average Bonchev–Trinajstić information content (AvgIpc) is 3.12. The molecule has 1 aromatic carbocycles. The highest BCUT2D eigenvalue weighted by Crippen LogP contribution is 2.27. The molecule has 0 unspecified atom stereocenters. The van der Waals surface area contributed by atoms with Gasteiger partial charge in [-0.05, 0) is 50.1 Å². The van der Waals surface area contributed by atoms with Gasteiger partial charge in [0.05, 0.1) is 12.8 Å². The third-order valence-corrected chi connectivity index (χ3v) is 4.42. The Hall–Kier alpha value is -2.49. The molecule has 3 aromatic rings. The molecule has 1 amide bonds. The van der Waals surface area contributed by atoms with Crippen LogP contribution in [0.1, 0.15) is 29.0 Å². The lowest BCUT2D eigenvalue weighted by Gasteiger charge is -2.05. The molecule has 0 atom stereocenters. The first-order valence-corrected chi connectivity index (χ1v) is 7.90. The molecule has 2 heterocycles. The summed E-state index contributed by atoms with van der Waals surface area (Å²) in [5, 5.41) is 4.16. The molecule has 0 fully saturated rings. The summed E-state index contributed by atoms with van der Waals surface area (Å²) in [7, 11) is 2.08. The SMILES string of the molecule is Cc1ccc2c(c1)c(CCC(=O)NCc1ccco1)c(C)n2C. The minimum atomic E-state index is 0.0467. The summed E-state index contributed by atoms with van der Waals surface area (Å²) in [5.41, 5.74) is 4.95. The van der Waals surface area contributed by atoms with Crippen LogP contribution in [0.3, 0.4) is 0 Å². The highest BCUT2D eigenvalue weighted by atomic mass is 16.3. The molecule has 0 spiro atoms. The van der Waals surface area contributed by atoms with Crippen LogP contribution in [0.5, 0.6) is 0 Å². The molecule has 0 bridgehead atoms. The van der Waals surface area contributed by atoms with E-state index in [0.29, 0.717) is 13.0 Å². The predicted molar refractivity (Wildman–Crippen MR) is 91.3 cm³/mol. The highest BCUT2D eigenvalue weighted by Gasteiger charge is 2.13. The summed E-state index contributed by atoms with van der Waals surface area (Å²) < 4.78 is 7.42. The van der Waals surface area contributed by atoms with Gasteiger partial charge in [-0.2, -0.15) is 0 Å². The monoisotopic (exact) mass is 310 g/mol. The van der Waals surface area contributed by atoms with Crippen LogP contribution in [0, 0.1) is 13.8 Å². The normalized spacial score (nSPS) is 11.1. The van der Waals surface area contributed by atoms with Crippen LogP contribution >= 0.6 is 0 Å². The first kappa shape index (κ1) is 15.4. The van der Waals surface area contributed by atoms with Crippen LogP contribution in [-0.4, -0.2) is 10.5 Å². The number of amides is 1. The maximum absolute atomic E-state index is 12.1. The predicted octanol–water partition coefficient (Wildman–Crippen LogP) is 3.64. The van der Waals surface area contributed by atoms with Crippen LogP contribution in [0.15, 0.2) is 41.0 Å². The summed E-state index contributed by atoms with van der Waals surface area (Å²) in [6.45, 7) is 4.66. The van der Waals surface area contributed by atoms with E-state index in [0.717, 1.165) is 12.2 Å². The zero-order valence-electron chi connectivity index (χ0n) is 13.8. The van der Waals surface area contributed by atoms with E-state index in [2.05, 4.69) is 49.0 Å². The fraction of sp³-hybridized carbons (Fsp3) is 0.316. The number of nitrogens with one attached hydrogen (secondary N) is 1. The quantitative estimate of drug-likeness (QED) is 0.782. The van der Waals surface area contributed by atoms with Gasteiger partial charge in [-0.3, -0.25) is 4.79 Å². The van der Waals surface area contributed by atoms with E-state index in [-0.39, 0.29) is 5.91 Å². The molecule has 1 N–H and O–H groups in total. The van der Waals surface area contributed by atoms with Crippen LogP contribution in [0.2, 0.25) is 0 Å². The Kier molecular flexibility index (Phi) is 4.24. The third-order valence-electron chi connectivity index (χ3n) is 4.42. The van der Waals surface area contributed by atoms with E-state index in [1.807, 2.05) is 12.1 Å². The Morgan fingerprint density at radius 1 is 1.26 bits per heavy atom. The standard InChI is InChI=1S/C19H22N2O2/c1-13-6-8-18-17(11-13)16(14(2)21(18)3)7-9-19(22)20-12-15-5-4-10-23-15/h4-6,8,10-11H,7,9,12H2,1-3H3,(H,20,22). The molecule has 23 heavy (non-hydrogen) atoms. The number of fused-ring (bicyclic) bond motifs is 1. The summed E-state index contributed by atoms with van der Waals surface area (Å²) in [6, 6.07) is 10.2. The van der Waals surface area contributed by atoms with Gasteiger partial charge >= 0.3 is 0 Å². The van der Waals surface area contributed by atoms with Gasteiger partial charge in [0, 0.05) is 30.1 Å². The van der Waals surface area contributed by atoms with Crippen molar-refractivity contribution in [1.29, 1.82) is 0 Å². The summed E-state index contributed by atoms with van der Waals surface area (Å²) in [5.74, 6) is 0.820. The molecule has 0 aliphatic heterocycles.